The Labute approximate surface area is 120 Å². The van der Waals surface area contributed by atoms with E-state index in [1.54, 1.807) is 6.92 Å². The summed E-state index contributed by atoms with van der Waals surface area (Å²) in [6.45, 7) is 1.66. The van der Waals surface area contributed by atoms with Crippen LogP contribution in [0.5, 0.6) is 11.5 Å². The average Bonchev–Trinajstić information content (AvgIpc) is 2.45. The minimum Gasteiger partial charge on any atom is -0.465 e. The third kappa shape index (κ3) is 3.10. The number of aryl methyl sites for hydroxylation is 1. The third-order valence-corrected chi connectivity index (χ3v) is 2.89. The Morgan fingerprint density at radius 1 is 1.19 bits per heavy atom. The van der Waals surface area contributed by atoms with Crippen molar-refractivity contribution in [1.29, 1.82) is 0 Å². The second-order valence-corrected chi connectivity index (χ2v) is 4.37. The normalized spacial score (nSPS) is 10.3. The highest BCUT2D eigenvalue weighted by atomic mass is 19.1. The molecule has 0 saturated carbocycles. The number of rotatable bonds is 3. The van der Waals surface area contributed by atoms with Crippen molar-refractivity contribution in [2.75, 3.05) is 12.8 Å². The minimum atomic E-state index is -0.717. The number of halogens is 2. The first-order valence-corrected chi connectivity index (χ1v) is 6.03. The van der Waals surface area contributed by atoms with Crippen molar-refractivity contribution in [3.8, 4) is 11.5 Å². The zero-order valence-corrected chi connectivity index (χ0v) is 11.4. The lowest BCUT2D eigenvalue weighted by molar-refractivity contribution is 0.0601. The molecule has 0 atom stereocenters. The van der Waals surface area contributed by atoms with Gasteiger partial charge >= 0.3 is 5.97 Å². The van der Waals surface area contributed by atoms with E-state index in [2.05, 4.69) is 4.74 Å². The number of nitrogen functional groups attached to an aromatic ring is 1. The van der Waals surface area contributed by atoms with Crippen LogP contribution in [0.1, 0.15) is 15.9 Å². The summed E-state index contributed by atoms with van der Waals surface area (Å²) in [6, 6.07) is 5.69. The van der Waals surface area contributed by atoms with Gasteiger partial charge in [-0.05, 0) is 36.8 Å². The molecule has 0 amide bonds. The van der Waals surface area contributed by atoms with Gasteiger partial charge < -0.3 is 15.2 Å². The van der Waals surface area contributed by atoms with E-state index in [1.807, 2.05) is 0 Å². The van der Waals surface area contributed by atoms with Crippen LogP contribution in [0.25, 0.3) is 0 Å². The van der Waals surface area contributed by atoms with Gasteiger partial charge in [0.2, 0.25) is 0 Å². The minimum absolute atomic E-state index is 0.101. The average molecular weight is 293 g/mol. The molecule has 0 radical (unpaired) electrons. The standard InChI is InChI=1S/C15H13F2NO3/c1-8-5-10(7-11(14(8)18)15(19)20-2)21-13-6-9(16)3-4-12(13)17/h3-7H,18H2,1-2H3. The molecule has 0 unspecified atom stereocenters. The highest BCUT2D eigenvalue weighted by Gasteiger charge is 2.15. The molecule has 0 aliphatic rings. The first-order valence-electron chi connectivity index (χ1n) is 6.03. The van der Waals surface area contributed by atoms with Crippen LogP contribution in [-0.4, -0.2) is 13.1 Å². The second-order valence-electron chi connectivity index (χ2n) is 4.37. The first kappa shape index (κ1) is 14.8. The Bertz CT molecular complexity index is 702. The summed E-state index contributed by atoms with van der Waals surface area (Å²) >= 11 is 0. The third-order valence-electron chi connectivity index (χ3n) is 2.89. The summed E-state index contributed by atoms with van der Waals surface area (Å²) in [5.74, 6) is -2.11. The molecule has 2 aromatic carbocycles. The molecule has 0 heterocycles. The van der Waals surface area contributed by atoms with Gasteiger partial charge in [0.15, 0.2) is 11.6 Å². The predicted molar refractivity (Wildman–Crippen MR) is 73.4 cm³/mol. The summed E-state index contributed by atoms with van der Waals surface area (Å²) in [6.07, 6.45) is 0. The molecule has 110 valence electrons. The van der Waals surface area contributed by atoms with Gasteiger partial charge in [0.05, 0.1) is 12.7 Å². The van der Waals surface area contributed by atoms with Crippen LogP contribution in [0.2, 0.25) is 0 Å². The molecule has 4 nitrogen and oxygen atoms in total. The van der Waals surface area contributed by atoms with E-state index >= 15 is 0 Å². The monoisotopic (exact) mass is 293 g/mol. The number of methoxy groups -OCH3 is 1. The Hall–Kier alpha value is -2.63. The van der Waals surface area contributed by atoms with E-state index in [0.717, 1.165) is 18.2 Å². The van der Waals surface area contributed by atoms with Crippen molar-refractivity contribution in [3.63, 3.8) is 0 Å². The van der Waals surface area contributed by atoms with Crippen LogP contribution in [0, 0.1) is 18.6 Å². The SMILES string of the molecule is COC(=O)c1cc(Oc2cc(F)ccc2F)cc(C)c1N. The Kier molecular flexibility index (Phi) is 4.07. The molecule has 2 aromatic rings. The van der Waals surface area contributed by atoms with E-state index in [9.17, 15) is 13.6 Å². The fourth-order valence-corrected chi connectivity index (χ4v) is 1.79. The maximum Gasteiger partial charge on any atom is 0.340 e. The second kappa shape index (κ2) is 5.78. The fraction of sp³-hybridized carbons (Fsp3) is 0.133. The topological polar surface area (TPSA) is 61.5 Å². The predicted octanol–water partition coefficient (Wildman–Crippen LogP) is 3.43. The zero-order valence-electron chi connectivity index (χ0n) is 11.4. The number of nitrogens with two attached hydrogens (primary N) is 1. The number of carbonyl (C=O) groups is 1. The Balaban J connectivity index is 2.43. The van der Waals surface area contributed by atoms with Gasteiger partial charge in [-0.3, -0.25) is 0 Å². The lowest BCUT2D eigenvalue weighted by Crippen LogP contribution is -2.07. The summed E-state index contributed by atoms with van der Waals surface area (Å²) in [5.41, 5.74) is 6.69. The maximum atomic E-state index is 13.6. The van der Waals surface area contributed by atoms with Crippen molar-refractivity contribution in [1.82, 2.24) is 0 Å². The summed E-state index contributed by atoms with van der Waals surface area (Å²) < 4.78 is 36.6. The summed E-state index contributed by atoms with van der Waals surface area (Å²) in [5, 5.41) is 0. The number of hydrogen-bond acceptors (Lipinski definition) is 4. The molecule has 0 aliphatic carbocycles. The number of esters is 1. The first-order chi connectivity index (χ1) is 9.92. The zero-order chi connectivity index (χ0) is 15.6. The van der Waals surface area contributed by atoms with Crippen LogP contribution in [0.4, 0.5) is 14.5 Å². The molecule has 2 N–H and O–H groups in total. The highest BCUT2D eigenvalue weighted by Crippen LogP contribution is 2.30. The van der Waals surface area contributed by atoms with Crippen molar-refractivity contribution in [2.45, 2.75) is 6.92 Å². The number of benzene rings is 2. The Morgan fingerprint density at radius 2 is 1.90 bits per heavy atom. The van der Waals surface area contributed by atoms with Crippen molar-refractivity contribution >= 4 is 11.7 Å². The lowest BCUT2D eigenvalue weighted by atomic mass is 10.1. The molecular weight excluding hydrogens is 280 g/mol. The number of ether oxygens (including phenoxy) is 2. The van der Waals surface area contributed by atoms with Gasteiger partial charge in [0.25, 0.3) is 0 Å². The van der Waals surface area contributed by atoms with Crippen LogP contribution >= 0.6 is 0 Å². The van der Waals surface area contributed by atoms with Gasteiger partial charge in [-0.25, -0.2) is 13.6 Å². The van der Waals surface area contributed by atoms with Crippen LogP contribution in [0.3, 0.4) is 0 Å². The van der Waals surface area contributed by atoms with Gasteiger partial charge in [-0.15, -0.1) is 0 Å². The number of anilines is 1. The Morgan fingerprint density at radius 3 is 2.57 bits per heavy atom. The number of hydrogen-bond donors (Lipinski definition) is 1. The van der Waals surface area contributed by atoms with Gasteiger partial charge in [-0.2, -0.15) is 0 Å². The molecule has 0 aromatic heterocycles. The molecular formula is C15H13F2NO3. The van der Waals surface area contributed by atoms with E-state index in [4.69, 9.17) is 10.5 Å². The van der Waals surface area contributed by atoms with E-state index in [-0.39, 0.29) is 22.7 Å². The molecule has 2 rings (SSSR count). The molecule has 0 spiro atoms. The van der Waals surface area contributed by atoms with Gasteiger partial charge in [0.1, 0.15) is 11.6 Å². The largest absolute Gasteiger partial charge is 0.465 e. The quantitative estimate of drug-likeness (QED) is 0.695. The summed E-state index contributed by atoms with van der Waals surface area (Å²) in [7, 11) is 1.22. The molecule has 21 heavy (non-hydrogen) atoms. The van der Waals surface area contributed by atoms with Gasteiger partial charge in [-0.1, -0.05) is 0 Å². The lowest BCUT2D eigenvalue weighted by Gasteiger charge is -2.12. The van der Waals surface area contributed by atoms with E-state index < -0.39 is 17.6 Å². The van der Waals surface area contributed by atoms with Crippen molar-refractivity contribution in [3.05, 3.63) is 53.1 Å². The van der Waals surface area contributed by atoms with E-state index in [0.29, 0.717) is 5.56 Å². The van der Waals surface area contributed by atoms with Crippen LogP contribution in [-0.2, 0) is 4.74 Å². The molecule has 0 bridgehead atoms. The number of carbonyl (C=O) groups excluding carboxylic acids is 1. The van der Waals surface area contributed by atoms with Crippen molar-refractivity contribution < 1.29 is 23.0 Å². The molecule has 0 saturated heterocycles. The highest BCUT2D eigenvalue weighted by molar-refractivity contribution is 5.96. The fourth-order valence-electron chi connectivity index (χ4n) is 1.79. The van der Waals surface area contributed by atoms with E-state index in [1.165, 1.54) is 19.2 Å². The maximum absolute atomic E-state index is 13.6. The molecule has 0 aliphatic heterocycles. The molecule has 6 heteroatoms. The molecule has 0 fully saturated rings. The van der Waals surface area contributed by atoms with Crippen molar-refractivity contribution in [2.24, 2.45) is 0 Å². The summed E-state index contributed by atoms with van der Waals surface area (Å²) in [4.78, 5) is 11.6. The van der Waals surface area contributed by atoms with Crippen LogP contribution in [0.15, 0.2) is 30.3 Å². The smallest absolute Gasteiger partial charge is 0.340 e. The van der Waals surface area contributed by atoms with Gasteiger partial charge in [0, 0.05) is 11.8 Å². The van der Waals surface area contributed by atoms with Crippen LogP contribution < -0.4 is 10.5 Å².